The second-order valence-corrected chi connectivity index (χ2v) is 9.89. The van der Waals surface area contributed by atoms with Gasteiger partial charge in [-0.3, -0.25) is 0 Å². The van der Waals surface area contributed by atoms with E-state index < -0.39 is 11.6 Å². The molecule has 2 aromatic heterocycles. The van der Waals surface area contributed by atoms with Gasteiger partial charge in [0.25, 0.3) is 5.88 Å². The fraction of sp³-hybridized carbons (Fsp3) is 0.609. The van der Waals surface area contributed by atoms with Crippen LogP contribution in [0.25, 0.3) is 5.52 Å². The average Bonchev–Trinajstić information content (AvgIpc) is 3.54. The topological polar surface area (TPSA) is 85.6 Å². The maximum atomic E-state index is 12.9. The number of methoxy groups -OCH3 is 2. The number of carbonyl (C=O) groups is 2. The maximum absolute atomic E-state index is 12.9. The number of anilines is 1. The molecular weight excluding hydrogens is 448 g/mol. The number of nitrogens with zero attached hydrogens (tertiary/aromatic N) is 4. The van der Waals surface area contributed by atoms with E-state index in [1.807, 2.05) is 31.7 Å². The van der Waals surface area contributed by atoms with Crippen LogP contribution in [0, 0.1) is 0 Å². The summed E-state index contributed by atoms with van der Waals surface area (Å²) in [7, 11) is 2.81. The van der Waals surface area contributed by atoms with Crippen LogP contribution >= 0.6 is 11.6 Å². The van der Waals surface area contributed by atoms with Gasteiger partial charge in [0.1, 0.15) is 16.1 Å². The summed E-state index contributed by atoms with van der Waals surface area (Å²) in [5.41, 5.74) is 1.20. The summed E-state index contributed by atoms with van der Waals surface area (Å²) in [5, 5.41) is 4.69. The zero-order chi connectivity index (χ0) is 23.9. The van der Waals surface area contributed by atoms with Crippen LogP contribution in [0.2, 0.25) is 5.02 Å². The van der Waals surface area contributed by atoms with Gasteiger partial charge in [0.15, 0.2) is 5.69 Å². The fourth-order valence-corrected chi connectivity index (χ4v) is 4.67. The normalized spacial score (nSPS) is 17.2. The highest BCUT2D eigenvalue weighted by molar-refractivity contribution is 6.36. The molecule has 0 aromatic carbocycles. The Morgan fingerprint density at radius 2 is 1.73 bits per heavy atom. The number of rotatable bonds is 5. The lowest BCUT2D eigenvalue weighted by Gasteiger charge is -2.40. The highest BCUT2D eigenvalue weighted by Crippen LogP contribution is 2.38. The van der Waals surface area contributed by atoms with Gasteiger partial charge in [-0.1, -0.05) is 11.6 Å². The number of esters is 1. The number of aromatic nitrogens is 2. The van der Waals surface area contributed by atoms with E-state index in [1.54, 1.807) is 6.07 Å². The van der Waals surface area contributed by atoms with Crippen molar-refractivity contribution in [2.45, 2.75) is 64.1 Å². The van der Waals surface area contributed by atoms with E-state index in [9.17, 15) is 9.59 Å². The Labute approximate surface area is 198 Å². The molecule has 9 nitrogen and oxygen atoms in total. The van der Waals surface area contributed by atoms with Crippen LogP contribution in [0.15, 0.2) is 12.1 Å². The molecule has 2 aliphatic rings. The number of halogens is 1. The third-order valence-electron chi connectivity index (χ3n) is 6.00. The Morgan fingerprint density at radius 1 is 1.09 bits per heavy atom. The van der Waals surface area contributed by atoms with Crippen LogP contribution in [0.4, 0.5) is 10.5 Å². The lowest BCUT2D eigenvalue weighted by Crippen LogP contribution is -2.50. The molecule has 1 aliphatic heterocycles. The zero-order valence-corrected chi connectivity index (χ0v) is 20.5. The molecule has 180 valence electrons. The van der Waals surface area contributed by atoms with E-state index in [-0.39, 0.29) is 29.8 Å². The summed E-state index contributed by atoms with van der Waals surface area (Å²) in [5.74, 6) is -0.265. The molecule has 0 unspecified atom stereocenters. The van der Waals surface area contributed by atoms with Crippen molar-refractivity contribution in [3.63, 3.8) is 0 Å². The van der Waals surface area contributed by atoms with Crippen molar-refractivity contribution < 1.29 is 23.8 Å². The Bertz CT molecular complexity index is 1050. The highest BCUT2D eigenvalue weighted by atomic mass is 35.5. The van der Waals surface area contributed by atoms with Crippen LogP contribution in [0.5, 0.6) is 5.88 Å². The van der Waals surface area contributed by atoms with Gasteiger partial charge in [-0.05, 0) is 58.6 Å². The van der Waals surface area contributed by atoms with E-state index in [4.69, 9.17) is 25.8 Å². The smallest absolute Gasteiger partial charge is 0.410 e. The maximum Gasteiger partial charge on any atom is 0.410 e. The standard InChI is InChI=1S/C23H31ClN4O5/c1-23(2,3)33-22(30)27(14-6-7-14)15-10-12-26(13-11-15)16-8-9-17(21(29)32-5)28-19(16)18(24)20(25-28)31-4/h8-9,14-15H,6-7,10-13H2,1-5H3. The molecule has 1 amide bonds. The third-order valence-corrected chi connectivity index (χ3v) is 6.34. The molecule has 4 rings (SSSR count). The molecule has 1 aliphatic carbocycles. The molecule has 0 radical (unpaired) electrons. The molecule has 33 heavy (non-hydrogen) atoms. The van der Waals surface area contributed by atoms with Gasteiger partial charge in [0.2, 0.25) is 0 Å². The van der Waals surface area contributed by atoms with E-state index in [2.05, 4.69) is 10.00 Å². The molecule has 1 saturated carbocycles. The van der Waals surface area contributed by atoms with Crippen molar-refractivity contribution in [1.82, 2.24) is 14.5 Å². The van der Waals surface area contributed by atoms with Gasteiger partial charge in [-0.2, -0.15) is 0 Å². The monoisotopic (exact) mass is 478 g/mol. The van der Waals surface area contributed by atoms with Crippen molar-refractivity contribution >= 4 is 34.9 Å². The van der Waals surface area contributed by atoms with Gasteiger partial charge in [-0.15, -0.1) is 5.10 Å². The minimum absolute atomic E-state index is 0.129. The van der Waals surface area contributed by atoms with E-state index in [1.165, 1.54) is 18.7 Å². The first-order chi connectivity index (χ1) is 15.6. The van der Waals surface area contributed by atoms with Crippen molar-refractivity contribution in [1.29, 1.82) is 0 Å². The minimum Gasteiger partial charge on any atom is -0.479 e. The number of carbonyl (C=O) groups excluding carboxylic acids is 2. The number of ether oxygens (including phenoxy) is 3. The van der Waals surface area contributed by atoms with Crippen LogP contribution in [0.1, 0.15) is 56.9 Å². The molecule has 2 aromatic rings. The molecule has 0 bridgehead atoms. The van der Waals surface area contributed by atoms with E-state index >= 15 is 0 Å². The summed E-state index contributed by atoms with van der Waals surface area (Å²) in [6.45, 7) is 7.14. The lowest BCUT2D eigenvalue weighted by atomic mass is 10.0. The first-order valence-corrected chi connectivity index (χ1v) is 11.6. The Hall–Kier alpha value is -2.68. The largest absolute Gasteiger partial charge is 0.479 e. The fourth-order valence-electron chi connectivity index (χ4n) is 4.37. The summed E-state index contributed by atoms with van der Waals surface area (Å²) < 4.78 is 17.4. The summed E-state index contributed by atoms with van der Waals surface area (Å²) in [6.07, 6.45) is 3.45. The van der Waals surface area contributed by atoms with Crippen molar-refractivity contribution in [2.75, 3.05) is 32.2 Å². The third kappa shape index (κ3) is 4.69. The number of piperidine rings is 1. The lowest BCUT2D eigenvalue weighted by molar-refractivity contribution is 0.0113. The van der Waals surface area contributed by atoms with Gasteiger partial charge >= 0.3 is 12.1 Å². The number of hydrogen-bond acceptors (Lipinski definition) is 7. The molecule has 2 fully saturated rings. The van der Waals surface area contributed by atoms with Crippen molar-refractivity contribution in [2.24, 2.45) is 0 Å². The van der Waals surface area contributed by atoms with Crippen LogP contribution in [-0.4, -0.2) is 71.6 Å². The Kier molecular flexibility index (Phi) is 6.35. The molecule has 0 atom stereocenters. The van der Waals surface area contributed by atoms with Gasteiger partial charge in [0.05, 0.1) is 19.9 Å². The van der Waals surface area contributed by atoms with Crippen molar-refractivity contribution in [3.8, 4) is 5.88 Å². The molecule has 3 heterocycles. The van der Waals surface area contributed by atoms with Crippen LogP contribution < -0.4 is 9.64 Å². The van der Waals surface area contributed by atoms with Gasteiger partial charge in [-0.25, -0.2) is 14.1 Å². The number of amides is 1. The van der Waals surface area contributed by atoms with Gasteiger partial charge < -0.3 is 24.0 Å². The van der Waals surface area contributed by atoms with Gasteiger partial charge in [0, 0.05) is 25.2 Å². The first kappa shape index (κ1) is 23.5. The van der Waals surface area contributed by atoms with E-state index in [0.29, 0.717) is 10.5 Å². The highest BCUT2D eigenvalue weighted by Gasteiger charge is 2.41. The number of pyridine rings is 1. The molecule has 0 spiro atoms. The second kappa shape index (κ2) is 8.93. The SMILES string of the molecule is COC(=O)c1ccc(N2CCC(N(C(=O)OC(C)(C)C)C3CC3)CC2)c2c(Cl)c(OC)nn12. The number of hydrogen-bond donors (Lipinski definition) is 0. The first-order valence-electron chi connectivity index (χ1n) is 11.2. The summed E-state index contributed by atoms with van der Waals surface area (Å²) in [6, 6.07) is 3.95. The predicted molar refractivity (Wildman–Crippen MR) is 124 cm³/mol. The Balaban J connectivity index is 1.57. The van der Waals surface area contributed by atoms with Crippen LogP contribution in [-0.2, 0) is 9.47 Å². The molecule has 1 saturated heterocycles. The average molecular weight is 479 g/mol. The summed E-state index contributed by atoms with van der Waals surface area (Å²) >= 11 is 6.58. The summed E-state index contributed by atoms with van der Waals surface area (Å²) in [4.78, 5) is 29.3. The minimum atomic E-state index is -0.518. The molecule has 0 N–H and O–H groups in total. The Morgan fingerprint density at radius 3 is 2.27 bits per heavy atom. The molecule has 10 heteroatoms. The second-order valence-electron chi connectivity index (χ2n) is 9.52. The van der Waals surface area contributed by atoms with E-state index in [0.717, 1.165) is 44.5 Å². The van der Waals surface area contributed by atoms with Crippen LogP contribution in [0.3, 0.4) is 0 Å². The zero-order valence-electron chi connectivity index (χ0n) is 19.8. The molecular formula is C23H31ClN4O5. The quantitative estimate of drug-likeness (QED) is 0.596. The van der Waals surface area contributed by atoms with Crippen molar-refractivity contribution in [3.05, 3.63) is 22.8 Å². The predicted octanol–water partition coefficient (Wildman–Crippen LogP) is 4.15. The number of fused-ring (bicyclic) bond motifs is 1.